The van der Waals surface area contributed by atoms with E-state index in [1.807, 2.05) is 0 Å². The van der Waals surface area contributed by atoms with Crippen LogP contribution < -0.4 is 4.74 Å². The lowest BCUT2D eigenvalue weighted by Crippen LogP contribution is -2.28. The largest absolute Gasteiger partial charge is 0.487 e. The van der Waals surface area contributed by atoms with E-state index in [0.29, 0.717) is 16.3 Å². The Labute approximate surface area is 175 Å². The predicted octanol–water partition coefficient (Wildman–Crippen LogP) is 4.50. The van der Waals surface area contributed by atoms with E-state index in [2.05, 4.69) is 5.92 Å². The van der Waals surface area contributed by atoms with Crippen molar-refractivity contribution in [2.45, 2.75) is 6.61 Å². The molecule has 7 nitrogen and oxygen atoms in total. The van der Waals surface area contributed by atoms with Crippen molar-refractivity contribution in [3.8, 4) is 18.1 Å². The molecule has 2 aromatic carbocycles. The van der Waals surface area contributed by atoms with E-state index in [1.165, 1.54) is 12.1 Å². The number of terminal acetylenes is 1. The van der Waals surface area contributed by atoms with E-state index in [-0.39, 0.29) is 23.7 Å². The fraction of sp³-hybridized carbons (Fsp3) is 0.100. The summed E-state index contributed by atoms with van der Waals surface area (Å²) in [5.74, 6) is 2.26. The minimum absolute atomic E-state index is 0.00259. The molecule has 29 heavy (non-hydrogen) atoms. The van der Waals surface area contributed by atoms with Crippen LogP contribution in [0.2, 0.25) is 5.02 Å². The molecule has 1 aliphatic rings. The molecule has 1 heterocycles. The zero-order valence-electron chi connectivity index (χ0n) is 14.8. The molecule has 0 unspecified atom stereocenters. The fourth-order valence-electron chi connectivity index (χ4n) is 2.48. The molecule has 1 saturated heterocycles. The molecule has 0 aromatic heterocycles. The van der Waals surface area contributed by atoms with Crippen molar-refractivity contribution in [1.29, 1.82) is 0 Å². The Morgan fingerprint density at radius 1 is 1.24 bits per heavy atom. The molecular weight excluding hydrogens is 416 g/mol. The normalized spacial score (nSPS) is 14.9. The van der Waals surface area contributed by atoms with Crippen LogP contribution in [0.15, 0.2) is 47.4 Å². The van der Waals surface area contributed by atoms with Gasteiger partial charge in [0.1, 0.15) is 12.4 Å². The first-order valence-corrected chi connectivity index (χ1v) is 9.43. The number of nitrogens with zero attached hydrogens (tertiary/aromatic N) is 2. The third-order valence-electron chi connectivity index (χ3n) is 3.92. The van der Waals surface area contributed by atoms with Crippen molar-refractivity contribution >= 4 is 46.3 Å². The zero-order valence-corrected chi connectivity index (χ0v) is 16.4. The van der Waals surface area contributed by atoms with Gasteiger partial charge in [-0.2, -0.15) is 0 Å². The number of benzene rings is 2. The van der Waals surface area contributed by atoms with E-state index in [0.717, 1.165) is 22.2 Å². The number of carbonyl (C=O) groups is 2. The average molecular weight is 429 g/mol. The first kappa shape index (κ1) is 20.5. The Morgan fingerprint density at radius 3 is 2.59 bits per heavy atom. The molecule has 3 rings (SSSR count). The number of non-ortho nitro benzene ring substituents is 1. The second kappa shape index (κ2) is 8.82. The van der Waals surface area contributed by atoms with Crippen molar-refractivity contribution in [3.63, 3.8) is 0 Å². The molecule has 2 aromatic rings. The maximum absolute atomic E-state index is 12.2. The van der Waals surface area contributed by atoms with Gasteiger partial charge in [0.15, 0.2) is 0 Å². The summed E-state index contributed by atoms with van der Waals surface area (Å²) in [7, 11) is 0. The highest BCUT2D eigenvalue weighted by Crippen LogP contribution is 2.33. The molecule has 1 aliphatic heterocycles. The maximum atomic E-state index is 12.2. The van der Waals surface area contributed by atoms with Gasteiger partial charge in [0.25, 0.3) is 16.8 Å². The van der Waals surface area contributed by atoms with Gasteiger partial charge in [-0.25, -0.2) is 0 Å². The highest BCUT2D eigenvalue weighted by atomic mass is 35.5. The van der Waals surface area contributed by atoms with Crippen LogP contribution in [0.4, 0.5) is 10.5 Å². The Balaban J connectivity index is 1.69. The number of ether oxygens (including phenoxy) is 1. The number of hydrogen-bond donors (Lipinski definition) is 0. The highest BCUT2D eigenvalue weighted by Gasteiger charge is 2.34. The number of rotatable bonds is 6. The summed E-state index contributed by atoms with van der Waals surface area (Å²) in [5.41, 5.74) is 1.38. The molecule has 0 radical (unpaired) electrons. The molecule has 0 N–H and O–H groups in total. The van der Waals surface area contributed by atoms with E-state index >= 15 is 0 Å². The van der Waals surface area contributed by atoms with Crippen molar-refractivity contribution in [3.05, 3.63) is 73.6 Å². The number of carbonyl (C=O) groups excluding carboxylic acids is 2. The lowest BCUT2D eigenvalue weighted by Gasteiger charge is -2.09. The molecule has 2 amide bonds. The van der Waals surface area contributed by atoms with E-state index in [1.54, 1.807) is 36.4 Å². The highest BCUT2D eigenvalue weighted by molar-refractivity contribution is 8.18. The number of thioether (sulfide) groups is 1. The molecular formula is C20H13ClN2O5S. The standard InChI is InChI=1S/C20H13ClN2O5S/c1-2-9-22-19(24)18(29-20(22)25)11-14-5-8-17(16(21)10-14)28-12-13-3-6-15(7-4-13)23(26)27/h1,3-8,10-11H,9,12H2. The van der Waals surface area contributed by atoms with Gasteiger partial charge in [0, 0.05) is 12.1 Å². The van der Waals surface area contributed by atoms with E-state index < -0.39 is 16.1 Å². The molecule has 0 aliphatic carbocycles. The second-order valence-corrected chi connectivity index (χ2v) is 7.27. The van der Waals surface area contributed by atoms with Crippen LogP contribution >= 0.6 is 23.4 Å². The third kappa shape index (κ3) is 4.77. The summed E-state index contributed by atoms with van der Waals surface area (Å²) < 4.78 is 5.66. The van der Waals surface area contributed by atoms with Gasteiger partial charge in [-0.3, -0.25) is 24.6 Å². The first-order chi connectivity index (χ1) is 13.9. The Bertz CT molecular complexity index is 1060. The van der Waals surface area contributed by atoms with E-state index in [4.69, 9.17) is 22.8 Å². The van der Waals surface area contributed by atoms with Crippen LogP contribution in [0, 0.1) is 22.5 Å². The summed E-state index contributed by atoms with van der Waals surface area (Å²) in [6.07, 6.45) is 6.74. The van der Waals surface area contributed by atoms with Gasteiger partial charge in [0.2, 0.25) is 0 Å². The number of halogens is 1. The third-order valence-corrected chi connectivity index (χ3v) is 5.12. The molecule has 0 bridgehead atoms. The quantitative estimate of drug-likeness (QED) is 0.291. The second-order valence-electron chi connectivity index (χ2n) is 5.87. The summed E-state index contributed by atoms with van der Waals surface area (Å²) in [5, 5.41) is 10.6. The first-order valence-electron chi connectivity index (χ1n) is 8.23. The van der Waals surface area contributed by atoms with Gasteiger partial charge in [-0.05, 0) is 53.2 Å². The lowest BCUT2D eigenvalue weighted by molar-refractivity contribution is -0.384. The van der Waals surface area contributed by atoms with Gasteiger partial charge in [0.05, 0.1) is 21.4 Å². The maximum Gasteiger partial charge on any atom is 0.294 e. The zero-order chi connectivity index (χ0) is 21.0. The Hall–Kier alpha value is -3.28. The summed E-state index contributed by atoms with van der Waals surface area (Å²) >= 11 is 7.07. The van der Waals surface area contributed by atoms with Crippen LogP contribution in [0.1, 0.15) is 11.1 Å². The number of hydrogen-bond acceptors (Lipinski definition) is 6. The van der Waals surface area contributed by atoms with Crippen molar-refractivity contribution in [2.24, 2.45) is 0 Å². The van der Waals surface area contributed by atoms with E-state index in [9.17, 15) is 19.7 Å². The van der Waals surface area contributed by atoms with Crippen LogP contribution in [0.3, 0.4) is 0 Å². The average Bonchev–Trinajstić information content (AvgIpc) is 2.95. The van der Waals surface area contributed by atoms with Crippen LogP contribution in [-0.2, 0) is 11.4 Å². The minimum atomic E-state index is -0.471. The van der Waals surface area contributed by atoms with Gasteiger partial charge in [-0.15, -0.1) is 6.42 Å². The molecule has 0 atom stereocenters. The van der Waals surface area contributed by atoms with Crippen LogP contribution in [0.25, 0.3) is 6.08 Å². The van der Waals surface area contributed by atoms with Crippen molar-refractivity contribution in [2.75, 3.05) is 6.54 Å². The smallest absolute Gasteiger partial charge is 0.294 e. The topological polar surface area (TPSA) is 89.8 Å². The monoisotopic (exact) mass is 428 g/mol. The molecule has 146 valence electrons. The summed E-state index contributed by atoms with van der Waals surface area (Å²) in [6.45, 7) is 0.111. The van der Waals surface area contributed by atoms with Crippen LogP contribution in [-0.4, -0.2) is 27.5 Å². The molecule has 0 saturated carbocycles. The number of amides is 2. The minimum Gasteiger partial charge on any atom is -0.487 e. The van der Waals surface area contributed by atoms with Crippen LogP contribution in [0.5, 0.6) is 5.75 Å². The summed E-state index contributed by atoms with van der Waals surface area (Å²) in [6, 6.07) is 11.0. The summed E-state index contributed by atoms with van der Waals surface area (Å²) in [4.78, 5) is 35.5. The predicted molar refractivity (Wildman–Crippen MR) is 110 cm³/mol. The molecule has 0 spiro atoms. The Morgan fingerprint density at radius 2 is 1.97 bits per heavy atom. The number of nitro benzene ring substituents is 1. The Kier molecular flexibility index (Phi) is 6.22. The van der Waals surface area contributed by atoms with Crippen molar-refractivity contribution < 1.29 is 19.2 Å². The van der Waals surface area contributed by atoms with Gasteiger partial charge < -0.3 is 4.74 Å². The molecule has 9 heteroatoms. The number of nitro groups is 1. The van der Waals surface area contributed by atoms with Gasteiger partial charge in [-0.1, -0.05) is 23.6 Å². The fourth-order valence-corrected chi connectivity index (χ4v) is 3.56. The molecule has 1 fully saturated rings. The SMILES string of the molecule is C#CCN1C(=O)SC(=Cc2ccc(OCc3ccc([N+](=O)[O-])cc3)c(Cl)c2)C1=O. The van der Waals surface area contributed by atoms with Gasteiger partial charge >= 0.3 is 0 Å². The number of imide groups is 1. The lowest BCUT2D eigenvalue weighted by atomic mass is 10.2. The van der Waals surface area contributed by atoms with Crippen molar-refractivity contribution in [1.82, 2.24) is 4.90 Å².